The van der Waals surface area contributed by atoms with Gasteiger partial charge in [-0.3, -0.25) is 0 Å². The number of benzene rings is 2. The van der Waals surface area contributed by atoms with E-state index in [9.17, 15) is 10.2 Å². The monoisotopic (exact) mass is 358 g/mol. The molecule has 0 aliphatic carbocycles. The summed E-state index contributed by atoms with van der Waals surface area (Å²) in [5.74, 6) is 2.30. The van der Waals surface area contributed by atoms with Crippen molar-refractivity contribution in [3.63, 3.8) is 0 Å². The molecule has 6 nitrogen and oxygen atoms in total. The van der Waals surface area contributed by atoms with Gasteiger partial charge in [0.25, 0.3) is 0 Å². The van der Waals surface area contributed by atoms with Gasteiger partial charge in [-0.25, -0.2) is 0 Å². The zero-order chi connectivity index (χ0) is 18.3. The standard InChI is InChI=1S/C20H22O6/c1-23-18-12(4-3-11-7-8-25-17(11)18)13-5-6-14-15(9-21)16(10-22)26-20(14)19(13)24-2/h3-6,15-16,21-22H,7-10H2,1-2H3. The van der Waals surface area contributed by atoms with Gasteiger partial charge in [-0.1, -0.05) is 12.1 Å². The van der Waals surface area contributed by atoms with Crippen LogP contribution in [0.3, 0.4) is 0 Å². The van der Waals surface area contributed by atoms with E-state index >= 15 is 0 Å². The topological polar surface area (TPSA) is 77.4 Å². The van der Waals surface area contributed by atoms with Crippen LogP contribution >= 0.6 is 0 Å². The van der Waals surface area contributed by atoms with E-state index in [1.807, 2.05) is 24.3 Å². The number of rotatable bonds is 5. The van der Waals surface area contributed by atoms with Crippen LogP contribution in [0.25, 0.3) is 11.1 Å². The summed E-state index contributed by atoms with van der Waals surface area (Å²) >= 11 is 0. The summed E-state index contributed by atoms with van der Waals surface area (Å²) in [7, 11) is 3.21. The highest BCUT2D eigenvalue weighted by Crippen LogP contribution is 2.52. The van der Waals surface area contributed by atoms with Gasteiger partial charge in [0.15, 0.2) is 23.0 Å². The van der Waals surface area contributed by atoms with E-state index in [-0.39, 0.29) is 19.1 Å². The zero-order valence-electron chi connectivity index (χ0n) is 14.8. The van der Waals surface area contributed by atoms with Crippen LogP contribution in [0.5, 0.6) is 23.0 Å². The quantitative estimate of drug-likeness (QED) is 0.853. The fraction of sp³-hybridized carbons (Fsp3) is 0.400. The smallest absolute Gasteiger partial charge is 0.169 e. The Hall–Kier alpha value is -2.44. The molecule has 2 aromatic rings. The predicted molar refractivity (Wildman–Crippen MR) is 95.5 cm³/mol. The van der Waals surface area contributed by atoms with Gasteiger partial charge in [0, 0.05) is 28.7 Å². The zero-order valence-corrected chi connectivity index (χ0v) is 14.8. The van der Waals surface area contributed by atoms with E-state index in [4.69, 9.17) is 18.9 Å². The number of hydrogen-bond donors (Lipinski definition) is 2. The molecule has 26 heavy (non-hydrogen) atoms. The lowest BCUT2D eigenvalue weighted by Gasteiger charge is -2.17. The minimum absolute atomic E-state index is 0.100. The number of hydrogen-bond acceptors (Lipinski definition) is 6. The predicted octanol–water partition coefficient (Wildman–Crippen LogP) is 2.13. The molecule has 0 saturated heterocycles. The van der Waals surface area contributed by atoms with Crippen LogP contribution in [0.2, 0.25) is 0 Å². The average Bonchev–Trinajstić information content (AvgIpc) is 3.29. The third kappa shape index (κ3) is 2.40. The second-order valence-corrected chi connectivity index (χ2v) is 6.43. The van der Waals surface area contributed by atoms with Crippen LogP contribution in [-0.4, -0.2) is 50.4 Å². The first-order chi connectivity index (χ1) is 12.7. The van der Waals surface area contributed by atoms with Crippen molar-refractivity contribution in [1.29, 1.82) is 0 Å². The van der Waals surface area contributed by atoms with Crippen LogP contribution in [-0.2, 0) is 6.42 Å². The number of aliphatic hydroxyl groups excluding tert-OH is 2. The Labute approximate surface area is 151 Å². The van der Waals surface area contributed by atoms with Crippen molar-refractivity contribution in [2.45, 2.75) is 18.4 Å². The van der Waals surface area contributed by atoms with Crippen molar-refractivity contribution in [1.82, 2.24) is 0 Å². The normalized spacial score (nSPS) is 20.2. The highest BCUT2D eigenvalue weighted by Gasteiger charge is 2.37. The first-order valence-electron chi connectivity index (χ1n) is 8.65. The Bertz CT molecular complexity index is 832. The van der Waals surface area contributed by atoms with Crippen molar-refractivity contribution in [2.24, 2.45) is 0 Å². The molecule has 2 aliphatic heterocycles. The molecule has 0 saturated carbocycles. The first-order valence-corrected chi connectivity index (χ1v) is 8.65. The lowest BCUT2D eigenvalue weighted by Crippen LogP contribution is -2.25. The molecular formula is C20H22O6. The average molecular weight is 358 g/mol. The number of ether oxygens (including phenoxy) is 4. The Balaban J connectivity index is 1.88. The molecule has 2 heterocycles. The van der Waals surface area contributed by atoms with Gasteiger partial charge in [-0.05, 0) is 12.1 Å². The molecule has 0 radical (unpaired) electrons. The molecule has 2 aliphatic rings. The van der Waals surface area contributed by atoms with Crippen molar-refractivity contribution in [3.05, 3.63) is 35.4 Å². The molecule has 0 bridgehead atoms. The summed E-state index contributed by atoms with van der Waals surface area (Å²) in [6.45, 7) is 0.376. The lowest BCUT2D eigenvalue weighted by atomic mass is 9.93. The maximum Gasteiger partial charge on any atom is 0.169 e. The van der Waals surface area contributed by atoms with Crippen LogP contribution in [0, 0.1) is 0 Å². The summed E-state index contributed by atoms with van der Waals surface area (Å²) in [5, 5.41) is 19.2. The van der Waals surface area contributed by atoms with E-state index < -0.39 is 6.10 Å². The first kappa shape index (κ1) is 17.0. The van der Waals surface area contributed by atoms with Gasteiger partial charge in [-0.2, -0.15) is 0 Å². The van der Waals surface area contributed by atoms with Gasteiger partial charge >= 0.3 is 0 Å². The highest BCUT2D eigenvalue weighted by atomic mass is 16.5. The molecule has 2 unspecified atom stereocenters. The van der Waals surface area contributed by atoms with Gasteiger partial charge in [0.05, 0.1) is 40.0 Å². The number of methoxy groups -OCH3 is 2. The van der Waals surface area contributed by atoms with E-state index in [1.54, 1.807) is 14.2 Å². The van der Waals surface area contributed by atoms with Crippen molar-refractivity contribution in [3.8, 4) is 34.1 Å². The molecule has 2 atom stereocenters. The molecule has 138 valence electrons. The fourth-order valence-electron chi connectivity index (χ4n) is 3.86. The van der Waals surface area contributed by atoms with Gasteiger partial charge in [0.1, 0.15) is 6.10 Å². The molecule has 4 rings (SSSR count). The molecule has 2 aromatic carbocycles. The number of fused-ring (bicyclic) bond motifs is 2. The summed E-state index contributed by atoms with van der Waals surface area (Å²) in [4.78, 5) is 0. The third-order valence-electron chi connectivity index (χ3n) is 5.15. The molecule has 0 amide bonds. The Morgan fingerprint density at radius 1 is 0.962 bits per heavy atom. The highest BCUT2D eigenvalue weighted by molar-refractivity contribution is 5.82. The van der Waals surface area contributed by atoms with Crippen LogP contribution in [0.1, 0.15) is 17.0 Å². The van der Waals surface area contributed by atoms with E-state index in [2.05, 4.69) is 0 Å². The molecule has 0 aromatic heterocycles. The van der Waals surface area contributed by atoms with Crippen LogP contribution < -0.4 is 18.9 Å². The van der Waals surface area contributed by atoms with Crippen molar-refractivity contribution in [2.75, 3.05) is 34.0 Å². The minimum Gasteiger partial charge on any atom is -0.492 e. The second kappa shape index (κ2) is 6.70. The maximum absolute atomic E-state index is 9.68. The largest absolute Gasteiger partial charge is 0.492 e. The molecule has 2 N–H and O–H groups in total. The number of aliphatic hydroxyl groups is 2. The SMILES string of the molecule is COc1c(-c2ccc3c(c2OC)OC(CO)C3CO)ccc2c1OCC2. The van der Waals surface area contributed by atoms with Gasteiger partial charge < -0.3 is 29.2 Å². The molecule has 0 fully saturated rings. The van der Waals surface area contributed by atoms with E-state index in [1.165, 1.54) is 0 Å². The van der Waals surface area contributed by atoms with Gasteiger partial charge in [0.2, 0.25) is 0 Å². The second-order valence-electron chi connectivity index (χ2n) is 6.43. The Morgan fingerprint density at radius 3 is 2.31 bits per heavy atom. The van der Waals surface area contributed by atoms with Crippen molar-refractivity contribution < 1.29 is 29.2 Å². The van der Waals surface area contributed by atoms with E-state index in [0.717, 1.165) is 34.4 Å². The third-order valence-corrected chi connectivity index (χ3v) is 5.15. The van der Waals surface area contributed by atoms with Crippen molar-refractivity contribution >= 4 is 0 Å². The summed E-state index contributed by atoms with van der Waals surface area (Å²) in [5.41, 5.74) is 3.63. The Kier molecular flexibility index (Phi) is 4.38. The van der Waals surface area contributed by atoms with E-state index in [0.29, 0.717) is 23.9 Å². The fourth-order valence-corrected chi connectivity index (χ4v) is 3.86. The molecular weight excluding hydrogens is 336 g/mol. The van der Waals surface area contributed by atoms with Crippen LogP contribution in [0.4, 0.5) is 0 Å². The molecule has 6 heteroatoms. The summed E-state index contributed by atoms with van der Waals surface area (Å²) in [6, 6.07) is 7.89. The molecule has 0 spiro atoms. The summed E-state index contributed by atoms with van der Waals surface area (Å²) in [6.07, 6.45) is 0.386. The Morgan fingerprint density at radius 2 is 1.65 bits per heavy atom. The van der Waals surface area contributed by atoms with Crippen LogP contribution in [0.15, 0.2) is 24.3 Å². The van der Waals surface area contributed by atoms with Gasteiger partial charge in [-0.15, -0.1) is 0 Å². The lowest BCUT2D eigenvalue weighted by molar-refractivity contribution is 0.0927. The minimum atomic E-state index is -0.482. The summed E-state index contributed by atoms with van der Waals surface area (Å²) < 4.78 is 23.0. The maximum atomic E-state index is 9.68.